The fourth-order valence-electron chi connectivity index (χ4n) is 2.42. The molecule has 0 aliphatic heterocycles. The van der Waals surface area contributed by atoms with Crippen molar-refractivity contribution in [2.45, 2.75) is 6.54 Å². The zero-order valence-electron chi connectivity index (χ0n) is 12.0. The lowest BCUT2D eigenvalue weighted by atomic mass is 10.2. The van der Waals surface area contributed by atoms with Gasteiger partial charge in [-0.25, -0.2) is 18.2 Å². The third kappa shape index (κ3) is 2.38. The van der Waals surface area contributed by atoms with Crippen LogP contribution in [0.25, 0.3) is 11.0 Å². The van der Waals surface area contributed by atoms with E-state index >= 15 is 0 Å². The highest BCUT2D eigenvalue weighted by molar-refractivity contribution is 5.77. The highest BCUT2D eigenvalue weighted by atomic mass is 19.2. The second kappa shape index (κ2) is 5.32. The number of hydrogen-bond acceptors (Lipinski definition) is 3. The van der Waals surface area contributed by atoms with E-state index in [1.807, 2.05) is 17.7 Å². The van der Waals surface area contributed by atoms with Crippen LogP contribution in [-0.4, -0.2) is 21.6 Å². The zero-order valence-corrected chi connectivity index (χ0v) is 12.0. The van der Waals surface area contributed by atoms with Crippen LogP contribution in [0.2, 0.25) is 0 Å². The molecule has 3 aromatic rings. The number of hydrogen-bond donors (Lipinski definition) is 0. The lowest BCUT2D eigenvalue weighted by Crippen LogP contribution is -2.20. The van der Waals surface area contributed by atoms with E-state index in [9.17, 15) is 13.2 Å². The van der Waals surface area contributed by atoms with Gasteiger partial charge in [0.15, 0.2) is 17.5 Å². The van der Waals surface area contributed by atoms with E-state index in [1.54, 1.807) is 24.3 Å². The average molecular weight is 306 g/mol. The monoisotopic (exact) mass is 306 g/mol. The molecule has 0 N–H and O–H groups in total. The first-order valence-corrected chi connectivity index (χ1v) is 6.58. The van der Waals surface area contributed by atoms with Gasteiger partial charge in [-0.05, 0) is 23.8 Å². The van der Waals surface area contributed by atoms with Crippen LogP contribution in [0.1, 0.15) is 5.56 Å². The third-order valence-corrected chi connectivity index (χ3v) is 3.46. The molecule has 2 heterocycles. The summed E-state index contributed by atoms with van der Waals surface area (Å²) in [6, 6.07) is 3.80. The smallest absolute Gasteiger partial charge is 0.206 e. The lowest BCUT2D eigenvalue weighted by molar-refractivity contribution is 0.445. The van der Waals surface area contributed by atoms with Crippen molar-refractivity contribution in [3.63, 3.8) is 0 Å². The second-order valence-electron chi connectivity index (χ2n) is 5.06. The highest BCUT2D eigenvalue weighted by Gasteiger charge is 2.15. The fourth-order valence-corrected chi connectivity index (χ4v) is 2.42. The fraction of sp³-hybridized carbons (Fsp3) is 0.200. The molecule has 0 amide bonds. The topological polar surface area (TPSA) is 34.0 Å². The van der Waals surface area contributed by atoms with Gasteiger partial charge in [0.2, 0.25) is 5.95 Å². The number of halogens is 3. The summed E-state index contributed by atoms with van der Waals surface area (Å²) in [5, 5.41) is 0. The quantitative estimate of drug-likeness (QED) is 0.698. The number of nitrogens with zero attached hydrogens (tertiary/aromatic N) is 4. The Kier molecular flexibility index (Phi) is 3.48. The van der Waals surface area contributed by atoms with Crippen LogP contribution in [0.5, 0.6) is 0 Å². The van der Waals surface area contributed by atoms with Crippen molar-refractivity contribution in [2.24, 2.45) is 7.05 Å². The predicted octanol–water partition coefficient (Wildman–Crippen LogP) is 3.02. The molecule has 0 saturated heterocycles. The highest BCUT2D eigenvalue weighted by Crippen LogP contribution is 2.22. The van der Waals surface area contributed by atoms with E-state index in [0.29, 0.717) is 11.5 Å². The van der Waals surface area contributed by atoms with Crippen LogP contribution in [-0.2, 0) is 13.6 Å². The van der Waals surface area contributed by atoms with Gasteiger partial charge in [-0.2, -0.15) is 0 Å². The molecule has 3 rings (SSSR count). The van der Waals surface area contributed by atoms with E-state index in [2.05, 4.69) is 9.97 Å². The number of rotatable bonds is 3. The minimum Gasteiger partial charge on any atom is -0.341 e. The normalized spacial score (nSPS) is 11.1. The Bertz CT molecular complexity index is 821. The minimum atomic E-state index is -1.46. The molecule has 0 aliphatic carbocycles. The molecule has 4 nitrogen and oxygen atoms in total. The standard InChI is InChI=1S/C15H13F3N4/c1-21(8-9-5-10(16)14(18)11(17)6-9)15-20-12-7-19-4-3-13(12)22(15)2/h3-7H,8H2,1-2H3. The van der Waals surface area contributed by atoms with E-state index in [1.165, 1.54) is 0 Å². The molecule has 0 fully saturated rings. The number of benzene rings is 1. The number of imidazole rings is 1. The van der Waals surface area contributed by atoms with E-state index < -0.39 is 17.5 Å². The van der Waals surface area contributed by atoms with Gasteiger partial charge >= 0.3 is 0 Å². The maximum atomic E-state index is 13.3. The first-order valence-electron chi connectivity index (χ1n) is 6.58. The molecule has 0 bridgehead atoms. The molecule has 0 saturated carbocycles. The Morgan fingerprint density at radius 2 is 1.86 bits per heavy atom. The van der Waals surface area contributed by atoms with Gasteiger partial charge < -0.3 is 9.47 Å². The van der Waals surface area contributed by atoms with Crippen LogP contribution in [0.15, 0.2) is 30.6 Å². The molecule has 22 heavy (non-hydrogen) atoms. The van der Waals surface area contributed by atoms with Gasteiger partial charge in [-0.1, -0.05) is 0 Å². The molecule has 7 heteroatoms. The van der Waals surface area contributed by atoms with Crippen molar-refractivity contribution < 1.29 is 13.2 Å². The number of pyridine rings is 1. The second-order valence-corrected chi connectivity index (χ2v) is 5.06. The van der Waals surface area contributed by atoms with Crippen LogP contribution in [0, 0.1) is 17.5 Å². The van der Waals surface area contributed by atoms with Crippen molar-refractivity contribution in [3.05, 3.63) is 53.6 Å². The van der Waals surface area contributed by atoms with Crippen LogP contribution >= 0.6 is 0 Å². The zero-order chi connectivity index (χ0) is 15.9. The van der Waals surface area contributed by atoms with E-state index in [4.69, 9.17) is 0 Å². The Balaban J connectivity index is 1.93. The Morgan fingerprint density at radius 1 is 1.18 bits per heavy atom. The van der Waals surface area contributed by atoms with Gasteiger partial charge in [0.05, 0.1) is 11.7 Å². The van der Waals surface area contributed by atoms with Crippen molar-refractivity contribution in [3.8, 4) is 0 Å². The number of aryl methyl sites for hydroxylation is 1. The summed E-state index contributed by atoms with van der Waals surface area (Å²) in [6.07, 6.45) is 3.31. The molecule has 1 aromatic carbocycles. The minimum absolute atomic E-state index is 0.193. The molecule has 0 spiro atoms. The van der Waals surface area contributed by atoms with Crippen molar-refractivity contribution >= 4 is 17.0 Å². The molecule has 0 aliphatic rings. The van der Waals surface area contributed by atoms with Crippen molar-refractivity contribution in [1.29, 1.82) is 0 Å². The third-order valence-electron chi connectivity index (χ3n) is 3.46. The maximum absolute atomic E-state index is 13.3. The van der Waals surface area contributed by atoms with Crippen LogP contribution in [0.4, 0.5) is 19.1 Å². The molecule has 0 unspecified atom stereocenters. The molecular weight excluding hydrogens is 293 g/mol. The number of anilines is 1. The van der Waals surface area contributed by atoms with Gasteiger partial charge in [-0.3, -0.25) is 4.98 Å². The lowest BCUT2D eigenvalue weighted by Gasteiger charge is -2.18. The average Bonchev–Trinajstić information content (AvgIpc) is 2.82. The summed E-state index contributed by atoms with van der Waals surface area (Å²) in [5.74, 6) is -3.23. The number of fused-ring (bicyclic) bond motifs is 1. The van der Waals surface area contributed by atoms with Crippen LogP contribution < -0.4 is 4.90 Å². The largest absolute Gasteiger partial charge is 0.341 e. The van der Waals surface area contributed by atoms with E-state index in [-0.39, 0.29) is 6.54 Å². The summed E-state index contributed by atoms with van der Waals surface area (Å²) in [6.45, 7) is 0.193. The Morgan fingerprint density at radius 3 is 2.50 bits per heavy atom. The first kappa shape index (κ1) is 14.4. The molecular formula is C15H13F3N4. The molecule has 0 atom stereocenters. The van der Waals surface area contributed by atoms with Crippen molar-refractivity contribution in [2.75, 3.05) is 11.9 Å². The summed E-state index contributed by atoms with van der Waals surface area (Å²) >= 11 is 0. The Labute approximate surface area is 124 Å². The molecule has 2 aromatic heterocycles. The maximum Gasteiger partial charge on any atom is 0.206 e. The summed E-state index contributed by atoms with van der Waals surface area (Å²) < 4.78 is 41.4. The van der Waals surface area contributed by atoms with Gasteiger partial charge in [-0.15, -0.1) is 0 Å². The van der Waals surface area contributed by atoms with Crippen LogP contribution in [0.3, 0.4) is 0 Å². The summed E-state index contributed by atoms with van der Waals surface area (Å²) in [5.41, 5.74) is 1.95. The SMILES string of the molecule is CN(Cc1cc(F)c(F)c(F)c1)c1nc2cnccc2n1C. The van der Waals surface area contributed by atoms with Gasteiger partial charge in [0.1, 0.15) is 5.52 Å². The van der Waals surface area contributed by atoms with Crippen molar-refractivity contribution in [1.82, 2.24) is 14.5 Å². The first-order chi connectivity index (χ1) is 10.5. The molecule has 114 valence electrons. The summed E-state index contributed by atoms with van der Waals surface area (Å²) in [7, 11) is 3.58. The predicted molar refractivity (Wildman–Crippen MR) is 76.9 cm³/mol. The number of aromatic nitrogens is 3. The van der Waals surface area contributed by atoms with Gasteiger partial charge in [0.25, 0.3) is 0 Å². The van der Waals surface area contributed by atoms with Gasteiger partial charge in [0, 0.05) is 26.8 Å². The summed E-state index contributed by atoms with van der Waals surface area (Å²) in [4.78, 5) is 10.2. The van der Waals surface area contributed by atoms with E-state index in [0.717, 1.165) is 23.2 Å². The Hall–Kier alpha value is -2.57. The molecule has 0 radical (unpaired) electrons.